The van der Waals surface area contributed by atoms with Crippen molar-refractivity contribution in [2.24, 2.45) is 17.1 Å². The Labute approximate surface area is 151 Å². The molecule has 1 aliphatic heterocycles. The van der Waals surface area contributed by atoms with E-state index in [0.29, 0.717) is 18.1 Å². The predicted molar refractivity (Wildman–Crippen MR) is 93.7 cm³/mol. The van der Waals surface area contributed by atoms with Gasteiger partial charge in [-0.2, -0.15) is 15.8 Å². The molecule has 0 fully saturated rings. The average Bonchev–Trinajstić information content (AvgIpc) is 2.61. The third-order valence-electron chi connectivity index (χ3n) is 5.05. The zero-order chi connectivity index (χ0) is 18.2. The molecule has 2 aliphatic rings. The van der Waals surface area contributed by atoms with Crippen LogP contribution in [0.5, 0.6) is 0 Å². The second-order valence-electron chi connectivity index (χ2n) is 6.45. The Hall–Kier alpha value is -2.78. The van der Waals surface area contributed by atoms with Gasteiger partial charge in [-0.3, -0.25) is 0 Å². The highest BCUT2D eigenvalue weighted by Crippen LogP contribution is 2.54. The van der Waals surface area contributed by atoms with E-state index in [-0.39, 0.29) is 17.2 Å². The molecule has 1 aromatic rings. The van der Waals surface area contributed by atoms with Crippen LogP contribution in [-0.2, 0) is 0 Å². The predicted octanol–water partition coefficient (Wildman–Crippen LogP) is 2.70. The number of hydrogen-bond acceptors (Lipinski definition) is 5. The maximum atomic E-state index is 9.92. The van der Waals surface area contributed by atoms with E-state index in [1.54, 1.807) is 18.2 Å². The molecule has 1 aromatic carbocycles. The summed E-state index contributed by atoms with van der Waals surface area (Å²) in [5, 5.41) is 30.0. The van der Waals surface area contributed by atoms with E-state index in [1.165, 1.54) is 0 Å². The largest absolute Gasteiger partial charge is 0.399 e. The van der Waals surface area contributed by atoms with E-state index in [4.69, 9.17) is 17.3 Å². The van der Waals surface area contributed by atoms with Crippen molar-refractivity contribution in [2.45, 2.75) is 5.92 Å². The quantitative estimate of drug-likeness (QED) is 0.840. The van der Waals surface area contributed by atoms with Crippen LogP contribution in [0.3, 0.4) is 0 Å². The Morgan fingerprint density at radius 2 is 2.00 bits per heavy atom. The Morgan fingerprint density at radius 3 is 2.60 bits per heavy atom. The molecule has 0 spiro atoms. The number of hydrogen-bond donors (Lipinski definition) is 1. The van der Waals surface area contributed by atoms with Crippen LogP contribution >= 0.6 is 11.6 Å². The molecule has 124 valence electrons. The van der Waals surface area contributed by atoms with Crippen molar-refractivity contribution in [3.05, 3.63) is 57.8 Å². The number of halogens is 1. The number of rotatable bonds is 1. The van der Waals surface area contributed by atoms with E-state index >= 15 is 0 Å². The standard InChI is InChI=1S/C19H16ClN5/c1-25-6-5-14-15(8-21)18(24)19(10-22,11-23)17(16(14)9-25)12-3-2-4-13(20)7-12/h2-5,7,16-17H,6,9,24H2,1H3/t16-,17-/m1/s1. The lowest BCUT2D eigenvalue weighted by Crippen LogP contribution is -2.47. The van der Waals surface area contributed by atoms with Crippen LogP contribution in [0.4, 0.5) is 0 Å². The number of allylic oxidation sites excluding steroid dienone is 2. The summed E-state index contributed by atoms with van der Waals surface area (Å²) in [5.74, 6) is -0.675. The molecule has 2 N–H and O–H groups in total. The Balaban J connectivity index is 2.34. The third kappa shape index (κ3) is 2.48. The molecule has 0 radical (unpaired) electrons. The lowest BCUT2D eigenvalue weighted by molar-refractivity contribution is 0.237. The highest BCUT2D eigenvalue weighted by molar-refractivity contribution is 6.30. The molecule has 0 unspecified atom stereocenters. The van der Waals surface area contributed by atoms with Crippen molar-refractivity contribution in [2.75, 3.05) is 20.1 Å². The van der Waals surface area contributed by atoms with Gasteiger partial charge in [0.15, 0.2) is 5.41 Å². The Bertz CT molecular complexity index is 895. The molecular formula is C19H16ClN5. The van der Waals surface area contributed by atoms with Crippen LogP contribution in [-0.4, -0.2) is 25.0 Å². The molecule has 0 bridgehead atoms. The van der Waals surface area contributed by atoms with Gasteiger partial charge in [-0.05, 0) is 30.3 Å². The fourth-order valence-corrected chi connectivity index (χ4v) is 4.10. The van der Waals surface area contributed by atoms with Crippen LogP contribution in [0.15, 0.2) is 47.2 Å². The normalized spacial score (nSPS) is 25.2. The molecule has 0 amide bonds. The SMILES string of the molecule is CN1CC=C2C(C#N)=C(N)C(C#N)(C#N)[C@H](c3cccc(Cl)c3)[C@@H]2C1. The van der Waals surface area contributed by atoms with E-state index in [2.05, 4.69) is 23.1 Å². The molecular weight excluding hydrogens is 334 g/mol. The third-order valence-corrected chi connectivity index (χ3v) is 5.29. The van der Waals surface area contributed by atoms with Gasteiger partial charge in [0.05, 0.1) is 23.4 Å². The van der Waals surface area contributed by atoms with Crippen molar-refractivity contribution < 1.29 is 0 Å². The van der Waals surface area contributed by atoms with Gasteiger partial charge in [0.25, 0.3) is 0 Å². The monoisotopic (exact) mass is 349 g/mol. The van der Waals surface area contributed by atoms with Crippen LogP contribution in [0.1, 0.15) is 11.5 Å². The first-order valence-electron chi connectivity index (χ1n) is 7.85. The second-order valence-corrected chi connectivity index (χ2v) is 6.89. The van der Waals surface area contributed by atoms with Gasteiger partial charge in [0.2, 0.25) is 0 Å². The molecule has 2 atom stereocenters. The fraction of sp³-hybridized carbons (Fsp3) is 0.316. The molecule has 0 saturated carbocycles. The maximum absolute atomic E-state index is 9.92. The minimum absolute atomic E-state index is 0.0389. The molecule has 0 aromatic heterocycles. The zero-order valence-corrected chi connectivity index (χ0v) is 14.5. The Morgan fingerprint density at radius 1 is 1.28 bits per heavy atom. The van der Waals surface area contributed by atoms with Gasteiger partial charge < -0.3 is 10.6 Å². The van der Waals surface area contributed by atoms with E-state index in [1.807, 2.05) is 19.2 Å². The van der Waals surface area contributed by atoms with Crippen molar-refractivity contribution in [3.63, 3.8) is 0 Å². The lowest BCUT2D eigenvalue weighted by Gasteiger charge is -2.45. The van der Waals surface area contributed by atoms with E-state index in [9.17, 15) is 15.8 Å². The van der Waals surface area contributed by atoms with Gasteiger partial charge in [0, 0.05) is 29.9 Å². The number of fused-ring (bicyclic) bond motifs is 1. The Kier molecular flexibility index (Phi) is 4.27. The number of nitrogens with zero attached hydrogens (tertiary/aromatic N) is 4. The topological polar surface area (TPSA) is 101 Å². The molecule has 5 nitrogen and oxygen atoms in total. The van der Waals surface area contributed by atoms with Gasteiger partial charge in [0.1, 0.15) is 6.07 Å². The van der Waals surface area contributed by atoms with Crippen molar-refractivity contribution in [3.8, 4) is 18.2 Å². The van der Waals surface area contributed by atoms with Crippen molar-refractivity contribution in [1.29, 1.82) is 15.8 Å². The van der Waals surface area contributed by atoms with E-state index in [0.717, 1.165) is 11.1 Å². The summed E-state index contributed by atoms with van der Waals surface area (Å²) >= 11 is 6.15. The second kappa shape index (κ2) is 6.26. The van der Waals surface area contributed by atoms with Gasteiger partial charge >= 0.3 is 0 Å². The molecule has 25 heavy (non-hydrogen) atoms. The molecule has 1 aliphatic carbocycles. The summed E-state index contributed by atoms with van der Waals surface area (Å²) in [5.41, 5.74) is 6.53. The van der Waals surface area contributed by atoms with Crippen molar-refractivity contribution >= 4 is 11.6 Å². The molecule has 1 heterocycles. The highest BCUT2D eigenvalue weighted by atomic mass is 35.5. The molecule has 3 rings (SSSR count). The summed E-state index contributed by atoms with van der Waals surface area (Å²) in [6.07, 6.45) is 1.97. The first-order valence-corrected chi connectivity index (χ1v) is 8.23. The molecule has 6 heteroatoms. The smallest absolute Gasteiger partial charge is 0.191 e. The zero-order valence-electron chi connectivity index (χ0n) is 13.7. The summed E-state index contributed by atoms with van der Waals surface area (Å²) in [7, 11) is 1.97. The van der Waals surface area contributed by atoms with Crippen molar-refractivity contribution in [1.82, 2.24) is 4.90 Å². The highest BCUT2D eigenvalue weighted by Gasteiger charge is 2.54. The van der Waals surface area contributed by atoms with Crippen LogP contribution in [0.2, 0.25) is 5.02 Å². The number of likely N-dealkylation sites (N-methyl/N-ethyl adjacent to an activating group) is 1. The minimum Gasteiger partial charge on any atom is -0.399 e. The fourth-order valence-electron chi connectivity index (χ4n) is 3.90. The lowest BCUT2D eigenvalue weighted by atomic mass is 9.58. The summed E-state index contributed by atoms with van der Waals surface area (Å²) in [6.45, 7) is 1.32. The summed E-state index contributed by atoms with van der Waals surface area (Å²) < 4.78 is 0. The van der Waals surface area contributed by atoms with Gasteiger partial charge in [-0.1, -0.05) is 29.8 Å². The average molecular weight is 350 g/mol. The minimum atomic E-state index is -1.60. The molecule has 0 saturated heterocycles. The summed E-state index contributed by atoms with van der Waals surface area (Å²) in [6, 6.07) is 13.5. The first kappa shape index (κ1) is 17.1. The first-order chi connectivity index (χ1) is 12.0. The van der Waals surface area contributed by atoms with Crippen LogP contribution < -0.4 is 5.73 Å². The van der Waals surface area contributed by atoms with Gasteiger partial charge in [-0.25, -0.2) is 0 Å². The van der Waals surface area contributed by atoms with Crippen LogP contribution in [0.25, 0.3) is 0 Å². The number of nitrogens with two attached hydrogens (primary N) is 1. The number of nitriles is 3. The van der Waals surface area contributed by atoms with Crippen LogP contribution in [0, 0.1) is 45.3 Å². The number of benzene rings is 1. The van der Waals surface area contributed by atoms with Gasteiger partial charge in [-0.15, -0.1) is 0 Å². The van der Waals surface area contributed by atoms with E-state index < -0.39 is 11.3 Å². The summed E-state index contributed by atoms with van der Waals surface area (Å²) in [4.78, 5) is 2.10. The maximum Gasteiger partial charge on any atom is 0.191 e.